The molecule has 6 heteroatoms. The fraction of sp³-hybridized carbons (Fsp3) is 0.333. The number of halogens is 2. The molecule has 1 aromatic carbocycles. The van der Waals surface area contributed by atoms with E-state index in [1.807, 2.05) is 19.4 Å². The van der Waals surface area contributed by atoms with Crippen LogP contribution < -0.4 is 0 Å². The van der Waals surface area contributed by atoms with Gasteiger partial charge in [-0.2, -0.15) is 0 Å². The summed E-state index contributed by atoms with van der Waals surface area (Å²) in [6.45, 7) is 4.99. The van der Waals surface area contributed by atoms with Gasteiger partial charge in [0, 0.05) is 22.5 Å². The average molecular weight is 415 g/mol. The van der Waals surface area contributed by atoms with Crippen LogP contribution >= 0.6 is 34.2 Å². The van der Waals surface area contributed by atoms with Gasteiger partial charge in [0.25, 0.3) is 0 Å². The Balaban J connectivity index is 2.08. The standard InChI is InChI=1S/C15H16ClIN4/c1-10(8-20-6-5-18-9-20)21-14-4-3-12(17)7-13(14)19-15(21)11(2)16/h3-7,9-11H,8H2,1-2H3. The number of imidazole rings is 2. The van der Waals surface area contributed by atoms with Gasteiger partial charge in [-0.05, 0) is 54.6 Å². The van der Waals surface area contributed by atoms with Crippen LogP contribution in [-0.2, 0) is 6.54 Å². The number of hydrogen-bond donors (Lipinski definition) is 0. The Morgan fingerprint density at radius 3 is 2.81 bits per heavy atom. The van der Waals surface area contributed by atoms with Gasteiger partial charge in [0.2, 0.25) is 0 Å². The molecule has 2 unspecified atom stereocenters. The van der Waals surface area contributed by atoms with Gasteiger partial charge in [0.15, 0.2) is 0 Å². The quantitative estimate of drug-likeness (QED) is 0.469. The SMILES string of the molecule is CC(Cl)c1nc2cc(I)ccc2n1C(C)Cn1ccnc1. The molecule has 21 heavy (non-hydrogen) atoms. The minimum Gasteiger partial charge on any atom is -0.335 e. The molecule has 0 saturated heterocycles. The van der Waals surface area contributed by atoms with Crippen LogP contribution in [0, 0.1) is 3.57 Å². The summed E-state index contributed by atoms with van der Waals surface area (Å²) in [7, 11) is 0. The number of aromatic nitrogens is 4. The maximum atomic E-state index is 6.34. The van der Waals surface area contributed by atoms with E-state index in [4.69, 9.17) is 16.6 Å². The first kappa shape index (κ1) is 14.8. The summed E-state index contributed by atoms with van der Waals surface area (Å²) in [6.07, 6.45) is 5.61. The summed E-state index contributed by atoms with van der Waals surface area (Å²) in [6, 6.07) is 6.57. The fourth-order valence-corrected chi connectivity index (χ4v) is 3.24. The number of hydrogen-bond acceptors (Lipinski definition) is 2. The van der Waals surface area contributed by atoms with Crippen molar-refractivity contribution < 1.29 is 0 Å². The maximum Gasteiger partial charge on any atom is 0.128 e. The summed E-state index contributed by atoms with van der Waals surface area (Å²) in [5.41, 5.74) is 2.13. The third-order valence-corrected chi connectivity index (χ3v) is 4.38. The van der Waals surface area contributed by atoms with Crippen molar-refractivity contribution in [3.05, 3.63) is 46.3 Å². The van der Waals surface area contributed by atoms with Crippen LogP contribution in [0.2, 0.25) is 0 Å². The van der Waals surface area contributed by atoms with Crippen molar-refractivity contribution in [1.29, 1.82) is 0 Å². The molecule has 2 atom stereocenters. The molecule has 0 aliphatic rings. The molecule has 0 radical (unpaired) electrons. The Morgan fingerprint density at radius 1 is 1.33 bits per heavy atom. The van der Waals surface area contributed by atoms with Crippen LogP contribution in [0.3, 0.4) is 0 Å². The van der Waals surface area contributed by atoms with E-state index >= 15 is 0 Å². The van der Waals surface area contributed by atoms with Crippen LogP contribution in [0.15, 0.2) is 36.9 Å². The second-order valence-corrected chi connectivity index (χ2v) is 7.10. The number of fused-ring (bicyclic) bond motifs is 1. The van der Waals surface area contributed by atoms with Gasteiger partial charge in [-0.15, -0.1) is 11.6 Å². The third kappa shape index (κ3) is 2.94. The van der Waals surface area contributed by atoms with E-state index in [-0.39, 0.29) is 11.4 Å². The lowest BCUT2D eigenvalue weighted by atomic mass is 10.2. The van der Waals surface area contributed by atoms with Crippen molar-refractivity contribution >= 4 is 45.2 Å². The van der Waals surface area contributed by atoms with E-state index in [2.05, 4.69) is 61.8 Å². The van der Waals surface area contributed by atoms with Crippen molar-refractivity contribution in [3.8, 4) is 0 Å². The highest BCUT2D eigenvalue weighted by molar-refractivity contribution is 14.1. The number of alkyl halides is 1. The lowest BCUT2D eigenvalue weighted by molar-refractivity contribution is 0.460. The van der Waals surface area contributed by atoms with E-state index in [1.54, 1.807) is 6.20 Å². The first-order valence-corrected chi connectivity index (χ1v) is 8.35. The van der Waals surface area contributed by atoms with Crippen molar-refractivity contribution in [1.82, 2.24) is 19.1 Å². The topological polar surface area (TPSA) is 35.6 Å². The molecule has 0 saturated carbocycles. The monoisotopic (exact) mass is 414 g/mol. The minimum atomic E-state index is -0.125. The van der Waals surface area contributed by atoms with Gasteiger partial charge in [-0.1, -0.05) is 0 Å². The zero-order chi connectivity index (χ0) is 15.0. The van der Waals surface area contributed by atoms with Gasteiger partial charge in [-0.3, -0.25) is 0 Å². The number of nitrogens with zero attached hydrogens (tertiary/aromatic N) is 4. The summed E-state index contributed by atoms with van der Waals surface area (Å²) < 4.78 is 5.50. The Hall–Kier alpha value is -1.08. The molecule has 110 valence electrons. The molecule has 0 N–H and O–H groups in total. The van der Waals surface area contributed by atoms with Gasteiger partial charge in [0.05, 0.1) is 28.8 Å². The van der Waals surface area contributed by atoms with Crippen LogP contribution in [0.1, 0.15) is 31.1 Å². The summed E-state index contributed by atoms with van der Waals surface area (Å²) in [5.74, 6) is 0.918. The molecular weight excluding hydrogens is 399 g/mol. The summed E-state index contributed by atoms with van der Waals surface area (Å²) in [4.78, 5) is 8.82. The molecule has 3 rings (SSSR count). The molecule has 0 aliphatic carbocycles. The van der Waals surface area contributed by atoms with Crippen molar-refractivity contribution in [2.45, 2.75) is 31.8 Å². The first-order chi connectivity index (χ1) is 10.1. The van der Waals surface area contributed by atoms with Crippen LogP contribution in [0.4, 0.5) is 0 Å². The highest BCUT2D eigenvalue weighted by atomic mass is 127. The third-order valence-electron chi connectivity index (χ3n) is 3.51. The minimum absolute atomic E-state index is 0.125. The van der Waals surface area contributed by atoms with Gasteiger partial charge in [-0.25, -0.2) is 9.97 Å². The molecular formula is C15H16ClIN4. The molecule has 0 fully saturated rings. The van der Waals surface area contributed by atoms with Gasteiger partial charge in [0.1, 0.15) is 5.82 Å². The molecule has 3 aromatic rings. The Morgan fingerprint density at radius 2 is 2.14 bits per heavy atom. The largest absolute Gasteiger partial charge is 0.335 e. The van der Waals surface area contributed by atoms with Crippen molar-refractivity contribution in [2.24, 2.45) is 0 Å². The molecule has 2 aromatic heterocycles. The zero-order valence-corrected chi connectivity index (χ0v) is 14.8. The summed E-state index contributed by atoms with van der Waals surface area (Å²) in [5, 5.41) is -0.125. The fourth-order valence-electron chi connectivity index (χ4n) is 2.62. The molecule has 4 nitrogen and oxygen atoms in total. The van der Waals surface area contributed by atoms with Crippen molar-refractivity contribution in [3.63, 3.8) is 0 Å². The molecule has 2 heterocycles. The second-order valence-electron chi connectivity index (χ2n) is 5.20. The maximum absolute atomic E-state index is 6.34. The highest BCUT2D eigenvalue weighted by Gasteiger charge is 2.19. The molecule has 0 bridgehead atoms. The van der Waals surface area contributed by atoms with Crippen LogP contribution in [0.5, 0.6) is 0 Å². The predicted octanol–water partition coefficient (Wildman–Crippen LogP) is 4.40. The number of rotatable bonds is 4. The normalized spacial score (nSPS) is 14.5. The lowest BCUT2D eigenvalue weighted by Crippen LogP contribution is -2.15. The average Bonchev–Trinajstić information content (AvgIpc) is 3.04. The summed E-state index contributed by atoms with van der Waals surface area (Å²) >= 11 is 8.65. The Labute approximate surface area is 142 Å². The van der Waals surface area contributed by atoms with Gasteiger partial charge < -0.3 is 9.13 Å². The zero-order valence-electron chi connectivity index (χ0n) is 11.9. The van der Waals surface area contributed by atoms with E-state index in [9.17, 15) is 0 Å². The first-order valence-electron chi connectivity index (χ1n) is 6.83. The van der Waals surface area contributed by atoms with Gasteiger partial charge >= 0.3 is 0 Å². The lowest BCUT2D eigenvalue weighted by Gasteiger charge is -2.19. The molecule has 0 aliphatic heterocycles. The van der Waals surface area contributed by atoms with Crippen LogP contribution in [-0.4, -0.2) is 19.1 Å². The molecule has 0 amide bonds. The van der Waals surface area contributed by atoms with Crippen molar-refractivity contribution in [2.75, 3.05) is 0 Å². The second kappa shape index (κ2) is 5.96. The van der Waals surface area contributed by atoms with E-state index in [0.717, 1.165) is 23.4 Å². The Bertz CT molecular complexity index is 748. The van der Waals surface area contributed by atoms with E-state index in [1.165, 1.54) is 3.57 Å². The highest BCUT2D eigenvalue weighted by Crippen LogP contribution is 2.29. The smallest absolute Gasteiger partial charge is 0.128 e. The number of benzene rings is 1. The Kier molecular flexibility index (Phi) is 4.21. The molecule has 0 spiro atoms. The van der Waals surface area contributed by atoms with E-state index < -0.39 is 0 Å². The van der Waals surface area contributed by atoms with E-state index in [0.29, 0.717) is 0 Å². The van der Waals surface area contributed by atoms with Crippen LogP contribution in [0.25, 0.3) is 11.0 Å². The predicted molar refractivity (Wildman–Crippen MR) is 93.7 cm³/mol.